The van der Waals surface area contributed by atoms with E-state index in [0.717, 1.165) is 9.87 Å². The number of nitrogens with one attached hydrogen (secondary N) is 1. The largest absolute Gasteiger partial charge is 0.480 e. The molecule has 3 aromatic rings. The third-order valence-corrected chi connectivity index (χ3v) is 8.27. The second kappa shape index (κ2) is 16.0. The number of aromatic nitrogens is 3. The molecule has 1 aromatic heterocycles. The Morgan fingerprint density at radius 3 is 2.00 bits per heavy atom. The van der Waals surface area contributed by atoms with Gasteiger partial charge in [0.15, 0.2) is 0 Å². The Morgan fingerprint density at radius 1 is 0.889 bits per heavy atom. The standard InChI is InChI=1S/C29H39N7O8S/c1-20-7-13-23(14-8-20)45(40,41)35(4)27-31-26(32-28(33-27)36(15-17-42-5)16-18-43-6)30-24(25(37)38)19-21-9-11-22(12-10-21)44-29(39)34(2)3/h7-14,24H,15-19H2,1-6H3,(H,37,38)(H,30,31,32,33)/t24-/m0/s1. The van der Waals surface area contributed by atoms with Gasteiger partial charge >= 0.3 is 12.1 Å². The highest BCUT2D eigenvalue weighted by atomic mass is 32.2. The molecule has 1 amide bonds. The number of amides is 1. The van der Waals surface area contributed by atoms with Crippen molar-refractivity contribution in [2.45, 2.75) is 24.3 Å². The first-order valence-electron chi connectivity index (χ1n) is 13.9. The lowest BCUT2D eigenvalue weighted by Gasteiger charge is -2.25. The summed E-state index contributed by atoms with van der Waals surface area (Å²) < 4.78 is 43.6. The zero-order valence-corrected chi connectivity index (χ0v) is 26.9. The zero-order valence-electron chi connectivity index (χ0n) is 26.1. The number of hydrogen-bond acceptors (Lipinski definition) is 12. The lowest BCUT2D eigenvalue weighted by Crippen LogP contribution is -2.36. The van der Waals surface area contributed by atoms with Crippen molar-refractivity contribution < 1.29 is 37.3 Å². The van der Waals surface area contributed by atoms with Crippen molar-refractivity contribution in [2.24, 2.45) is 0 Å². The molecule has 0 aliphatic carbocycles. The molecule has 0 saturated carbocycles. The van der Waals surface area contributed by atoms with Gasteiger partial charge in [0.05, 0.1) is 18.1 Å². The molecule has 15 nitrogen and oxygen atoms in total. The number of carbonyl (C=O) groups is 2. The van der Waals surface area contributed by atoms with Crippen molar-refractivity contribution in [3.8, 4) is 5.75 Å². The topological polar surface area (TPSA) is 177 Å². The van der Waals surface area contributed by atoms with E-state index in [0.29, 0.717) is 37.6 Å². The van der Waals surface area contributed by atoms with Gasteiger partial charge in [0.25, 0.3) is 10.0 Å². The van der Waals surface area contributed by atoms with E-state index >= 15 is 0 Å². The van der Waals surface area contributed by atoms with Crippen molar-refractivity contribution in [3.63, 3.8) is 0 Å². The van der Waals surface area contributed by atoms with Crippen LogP contribution in [0.5, 0.6) is 5.75 Å². The number of aliphatic carboxylic acids is 1. The number of carboxylic acid groups (broad SMARTS) is 1. The van der Waals surface area contributed by atoms with Crippen LogP contribution in [0.1, 0.15) is 11.1 Å². The van der Waals surface area contributed by atoms with Gasteiger partial charge in [0, 0.05) is 54.9 Å². The molecule has 0 spiro atoms. The maximum Gasteiger partial charge on any atom is 0.414 e. The summed E-state index contributed by atoms with van der Waals surface area (Å²) in [7, 11) is 3.42. The molecule has 16 heteroatoms. The van der Waals surface area contributed by atoms with E-state index in [4.69, 9.17) is 14.2 Å². The molecule has 45 heavy (non-hydrogen) atoms. The smallest absolute Gasteiger partial charge is 0.414 e. The van der Waals surface area contributed by atoms with Gasteiger partial charge in [-0.15, -0.1) is 0 Å². The summed E-state index contributed by atoms with van der Waals surface area (Å²) in [6.45, 7) is 3.14. The Hall–Kier alpha value is -4.54. The molecule has 0 radical (unpaired) electrons. The Labute approximate surface area is 262 Å². The maximum absolute atomic E-state index is 13.5. The third kappa shape index (κ3) is 9.72. The second-order valence-corrected chi connectivity index (χ2v) is 12.1. The monoisotopic (exact) mass is 645 g/mol. The number of carboxylic acids is 1. The number of benzene rings is 2. The molecule has 0 bridgehead atoms. The normalized spacial score (nSPS) is 11.9. The van der Waals surface area contributed by atoms with E-state index in [1.807, 2.05) is 6.92 Å². The van der Waals surface area contributed by atoms with Crippen LogP contribution in [-0.2, 0) is 30.7 Å². The van der Waals surface area contributed by atoms with Crippen molar-refractivity contribution in [2.75, 3.05) is 76.2 Å². The number of hydrogen-bond donors (Lipinski definition) is 2. The molecule has 0 aliphatic heterocycles. The van der Waals surface area contributed by atoms with Gasteiger partial charge in [-0.2, -0.15) is 15.0 Å². The Bertz CT molecular complexity index is 1530. The molecule has 0 fully saturated rings. The average molecular weight is 646 g/mol. The molecule has 2 aromatic carbocycles. The Morgan fingerprint density at radius 2 is 1.47 bits per heavy atom. The van der Waals surface area contributed by atoms with E-state index in [9.17, 15) is 23.1 Å². The molecule has 1 atom stereocenters. The van der Waals surface area contributed by atoms with Crippen LogP contribution in [0.3, 0.4) is 0 Å². The number of methoxy groups -OCH3 is 2. The van der Waals surface area contributed by atoms with E-state index in [1.54, 1.807) is 69.6 Å². The number of nitrogens with zero attached hydrogens (tertiary/aromatic N) is 6. The maximum atomic E-state index is 13.5. The number of sulfonamides is 1. The minimum absolute atomic E-state index is 0.00214. The minimum atomic E-state index is -4.08. The second-order valence-electron chi connectivity index (χ2n) is 10.2. The number of anilines is 3. The highest BCUT2D eigenvalue weighted by molar-refractivity contribution is 7.92. The fourth-order valence-corrected chi connectivity index (χ4v) is 4.96. The number of carbonyl (C=O) groups excluding carboxylic acids is 1. The van der Waals surface area contributed by atoms with Crippen molar-refractivity contribution >= 4 is 39.9 Å². The van der Waals surface area contributed by atoms with E-state index in [1.165, 1.54) is 24.1 Å². The van der Waals surface area contributed by atoms with Crippen molar-refractivity contribution in [3.05, 3.63) is 59.7 Å². The summed E-state index contributed by atoms with van der Waals surface area (Å²) in [5.74, 6) is -1.17. The number of ether oxygens (including phenoxy) is 3. The molecule has 0 aliphatic rings. The summed E-state index contributed by atoms with van der Waals surface area (Å²) in [4.78, 5) is 40.4. The summed E-state index contributed by atoms with van der Waals surface area (Å²) in [6.07, 6.45) is -0.545. The highest BCUT2D eigenvalue weighted by Gasteiger charge is 2.27. The molecule has 2 N–H and O–H groups in total. The molecular formula is C29H39N7O8S. The van der Waals surface area contributed by atoms with Gasteiger partial charge in [0.1, 0.15) is 11.8 Å². The highest BCUT2D eigenvalue weighted by Crippen LogP contribution is 2.23. The Balaban J connectivity index is 1.98. The lowest BCUT2D eigenvalue weighted by molar-refractivity contribution is -0.137. The van der Waals surface area contributed by atoms with Crippen LogP contribution in [0.4, 0.5) is 22.6 Å². The third-order valence-electron chi connectivity index (χ3n) is 6.52. The predicted molar refractivity (Wildman–Crippen MR) is 167 cm³/mol. The van der Waals surface area contributed by atoms with Crippen LogP contribution in [0, 0.1) is 6.92 Å². The molecule has 244 valence electrons. The van der Waals surface area contributed by atoms with Gasteiger partial charge in [-0.1, -0.05) is 29.8 Å². The van der Waals surface area contributed by atoms with Crippen LogP contribution in [0.25, 0.3) is 0 Å². The SMILES string of the molecule is COCCN(CCOC)c1nc(N[C@@H](Cc2ccc(OC(=O)N(C)C)cc2)C(=O)O)nc(N(C)S(=O)(=O)c2ccc(C)cc2)n1. The van der Waals surface area contributed by atoms with E-state index in [2.05, 4.69) is 20.3 Å². The molecule has 3 rings (SSSR count). The minimum Gasteiger partial charge on any atom is -0.480 e. The van der Waals surface area contributed by atoms with E-state index in [-0.39, 0.29) is 29.2 Å². The fourth-order valence-electron chi connectivity index (χ4n) is 3.87. The molecular weight excluding hydrogens is 606 g/mol. The van der Waals surface area contributed by atoms with Crippen molar-refractivity contribution in [1.29, 1.82) is 0 Å². The fraction of sp³-hybridized carbons (Fsp3) is 0.414. The van der Waals surface area contributed by atoms with Crippen LogP contribution < -0.4 is 19.3 Å². The summed E-state index contributed by atoms with van der Waals surface area (Å²) in [5.41, 5.74) is 1.51. The van der Waals surface area contributed by atoms with Gasteiger partial charge in [0.2, 0.25) is 17.8 Å². The summed E-state index contributed by atoms with van der Waals surface area (Å²) in [5, 5.41) is 12.9. The number of rotatable bonds is 16. The lowest BCUT2D eigenvalue weighted by atomic mass is 10.1. The summed E-state index contributed by atoms with van der Waals surface area (Å²) in [6, 6.07) is 11.5. The average Bonchev–Trinajstić information content (AvgIpc) is 3.01. The van der Waals surface area contributed by atoms with E-state index < -0.39 is 28.1 Å². The first-order chi connectivity index (χ1) is 21.3. The van der Waals surface area contributed by atoms with Gasteiger partial charge in [-0.25, -0.2) is 22.3 Å². The summed E-state index contributed by atoms with van der Waals surface area (Å²) >= 11 is 0. The van der Waals surface area contributed by atoms with Crippen LogP contribution >= 0.6 is 0 Å². The van der Waals surface area contributed by atoms with Crippen LogP contribution in [0.2, 0.25) is 0 Å². The van der Waals surface area contributed by atoms with Crippen LogP contribution in [-0.4, -0.2) is 113 Å². The van der Waals surface area contributed by atoms with Gasteiger partial charge < -0.3 is 34.4 Å². The predicted octanol–water partition coefficient (Wildman–Crippen LogP) is 2.27. The van der Waals surface area contributed by atoms with Crippen LogP contribution in [0.15, 0.2) is 53.4 Å². The first kappa shape index (κ1) is 34.9. The van der Waals surface area contributed by atoms with Gasteiger partial charge in [-0.05, 0) is 36.8 Å². The number of aryl methyl sites for hydroxylation is 1. The molecule has 1 heterocycles. The molecule has 0 saturated heterocycles. The van der Waals surface area contributed by atoms with Gasteiger partial charge in [-0.3, -0.25) is 0 Å². The first-order valence-corrected chi connectivity index (χ1v) is 15.3. The molecule has 0 unspecified atom stereocenters. The van der Waals surface area contributed by atoms with Crippen molar-refractivity contribution in [1.82, 2.24) is 19.9 Å². The zero-order chi connectivity index (χ0) is 33.1. The quantitative estimate of drug-likeness (QED) is 0.232. The Kier molecular flexibility index (Phi) is 12.4.